The lowest BCUT2D eigenvalue weighted by molar-refractivity contribution is 0.0188. The first-order valence-electron chi connectivity index (χ1n) is 8.28. The molecule has 3 rings (SSSR count). The highest BCUT2D eigenvalue weighted by Crippen LogP contribution is 2.25. The fourth-order valence-corrected chi connectivity index (χ4v) is 3.15. The van der Waals surface area contributed by atoms with Gasteiger partial charge in [0.05, 0.1) is 5.52 Å². The van der Waals surface area contributed by atoms with Crippen LogP contribution in [0.2, 0.25) is 0 Å². The summed E-state index contributed by atoms with van der Waals surface area (Å²) < 4.78 is 8.81. The maximum atomic E-state index is 12.6. The second kappa shape index (κ2) is 5.96. The van der Waals surface area contributed by atoms with Gasteiger partial charge >= 0.3 is 11.8 Å². The maximum Gasteiger partial charge on any atom is 0.410 e. The lowest BCUT2D eigenvalue weighted by Gasteiger charge is -2.33. The topological polar surface area (TPSA) is 69.4 Å². The van der Waals surface area contributed by atoms with Crippen molar-refractivity contribution >= 4 is 17.3 Å². The van der Waals surface area contributed by atoms with E-state index in [1.807, 2.05) is 32.9 Å². The van der Waals surface area contributed by atoms with Crippen LogP contribution in [0.5, 0.6) is 0 Å². The summed E-state index contributed by atoms with van der Waals surface area (Å²) in [7, 11) is 1.76. The molecule has 1 amide bonds. The first-order valence-corrected chi connectivity index (χ1v) is 8.28. The van der Waals surface area contributed by atoms with E-state index in [0.717, 1.165) is 18.4 Å². The number of amides is 1. The van der Waals surface area contributed by atoms with Gasteiger partial charge in [-0.1, -0.05) is 0 Å². The highest BCUT2D eigenvalue weighted by atomic mass is 16.6. The molecule has 3 heterocycles. The molecule has 1 aliphatic rings. The van der Waals surface area contributed by atoms with Gasteiger partial charge < -0.3 is 9.64 Å². The van der Waals surface area contributed by atoms with E-state index in [-0.39, 0.29) is 17.8 Å². The summed E-state index contributed by atoms with van der Waals surface area (Å²) >= 11 is 0. The average Bonchev–Trinajstić information content (AvgIpc) is 2.78. The third-order valence-electron chi connectivity index (χ3n) is 4.33. The number of likely N-dealkylation sites (tertiary alicyclic amines) is 1. The quantitative estimate of drug-likeness (QED) is 0.803. The first kappa shape index (κ1) is 16.5. The summed E-state index contributed by atoms with van der Waals surface area (Å²) in [6.45, 7) is 6.74. The Kier molecular flexibility index (Phi) is 4.11. The third kappa shape index (κ3) is 3.02. The lowest BCUT2D eigenvalue weighted by atomic mass is 10.1. The molecule has 0 aliphatic carbocycles. The molecule has 0 saturated carbocycles. The second-order valence-corrected chi connectivity index (χ2v) is 7.26. The Morgan fingerprint density at radius 1 is 1.29 bits per heavy atom. The number of aromatic nitrogens is 3. The van der Waals surface area contributed by atoms with E-state index in [9.17, 15) is 9.59 Å². The van der Waals surface area contributed by atoms with Crippen molar-refractivity contribution in [3.63, 3.8) is 0 Å². The number of hydrogen-bond donors (Lipinski definition) is 0. The summed E-state index contributed by atoms with van der Waals surface area (Å²) in [5, 5.41) is 0. The van der Waals surface area contributed by atoms with E-state index in [2.05, 4.69) is 4.98 Å². The van der Waals surface area contributed by atoms with Crippen LogP contribution in [0.1, 0.15) is 39.7 Å². The number of nitrogens with zero attached hydrogens (tertiary/aromatic N) is 4. The predicted molar refractivity (Wildman–Crippen MR) is 91.1 cm³/mol. The first-order chi connectivity index (χ1) is 11.3. The van der Waals surface area contributed by atoms with Crippen molar-refractivity contribution in [3.05, 3.63) is 28.8 Å². The minimum Gasteiger partial charge on any atom is -0.444 e. The van der Waals surface area contributed by atoms with Crippen LogP contribution in [0.15, 0.2) is 23.1 Å². The monoisotopic (exact) mass is 332 g/mol. The summed E-state index contributed by atoms with van der Waals surface area (Å²) in [4.78, 5) is 30.8. The number of ether oxygens (including phenoxy) is 1. The summed E-state index contributed by atoms with van der Waals surface area (Å²) in [5.74, 6) is 0. The lowest BCUT2D eigenvalue weighted by Crippen LogP contribution is -2.43. The number of aryl methyl sites for hydroxylation is 1. The molecule has 1 aliphatic heterocycles. The van der Waals surface area contributed by atoms with Crippen molar-refractivity contribution in [3.8, 4) is 0 Å². The van der Waals surface area contributed by atoms with Crippen LogP contribution < -0.4 is 5.69 Å². The minimum absolute atomic E-state index is 0.0507. The van der Waals surface area contributed by atoms with Crippen molar-refractivity contribution < 1.29 is 9.53 Å². The van der Waals surface area contributed by atoms with Gasteiger partial charge in [0, 0.05) is 32.4 Å². The summed E-state index contributed by atoms with van der Waals surface area (Å²) in [6, 6.07) is 3.78. The largest absolute Gasteiger partial charge is 0.444 e. The Morgan fingerprint density at radius 2 is 1.96 bits per heavy atom. The molecular formula is C17H24N4O3. The minimum atomic E-state index is -0.496. The van der Waals surface area contributed by atoms with Gasteiger partial charge in [-0.2, -0.15) is 0 Å². The zero-order valence-corrected chi connectivity index (χ0v) is 14.7. The number of carbonyl (C=O) groups excluding carboxylic acids is 1. The molecule has 0 N–H and O–H groups in total. The van der Waals surface area contributed by atoms with Crippen molar-refractivity contribution in [2.24, 2.45) is 7.05 Å². The standard InChI is InChI=1S/C17H24N4O3/c1-17(2,3)24-16(23)20-10-7-12(8-11-20)21-14-13(6-5-9-18-14)19(4)15(21)22/h5-6,9,12H,7-8,10-11H2,1-4H3. The Balaban J connectivity index is 1.78. The SMILES string of the molecule is Cn1c(=O)n(C2CCN(C(=O)OC(C)(C)C)CC2)c2ncccc21. The molecule has 0 radical (unpaired) electrons. The van der Waals surface area contributed by atoms with Gasteiger partial charge in [-0.15, -0.1) is 0 Å². The number of carbonyl (C=O) groups is 1. The molecule has 2 aromatic rings. The van der Waals surface area contributed by atoms with Crippen LogP contribution in [-0.4, -0.2) is 43.8 Å². The van der Waals surface area contributed by atoms with Gasteiger partial charge in [-0.05, 0) is 45.7 Å². The molecule has 0 spiro atoms. The van der Waals surface area contributed by atoms with E-state index in [1.54, 1.807) is 27.3 Å². The molecule has 0 atom stereocenters. The molecular weight excluding hydrogens is 308 g/mol. The predicted octanol–water partition coefficient (Wildman–Crippen LogP) is 2.31. The third-order valence-corrected chi connectivity index (χ3v) is 4.33. The van der Waals surface area contributed by atoms with E-state index < -0.39 is 5.60 Å². The molecule has 130 valence electrons. The molecule has 1 fully saturated rings. The van der Waals surface area contributed by atoms with Crippen molar-refractivity contribution in [2.75, 3.05) is 13.1 Å². The van der Waals surface area contributed by atoms with Crippen LogP contribution >= 0.6 is 0 Å². The Bertz CT molecular complexity index is 807. The van der Waals surface area contributed by atoms with E-state index in [4.69, 9.17) is 4.74 Å². The van der Waals surface area contributed by atoms with E-state index in [1.165, 1.54) is 0 Å². The van der Waals surface area contributed by atoms with Crippen LogP contribution in [0, 0.1) is 0 Å². The number of pyridine rings is 1. The summed E-state index contributed by atoms with van der Waals surface area (Å²) in [5.41, 5.74) is 0.988. The van der Waals surface area contributed by atoms with E-state index >= 15 is 0 Å². The van der Waals surface area contributed by atoms with Crippen LogP contribution in [-0.2, 0) is 11.8 Å². The average molecular weight is 332 g/mol. The zero-order chi connectivity index (χ0) is 17.5. The molecule has 0 bridgehead atoms. The van der Waals surface area contributed by atoms with Crippen molar-refractivity contribution in [1.29, 1.82) is 0 Å². The number of piperidine rings is 1. The van der Waals surface area contributed by atoms with Crippen LogP contribution in [0.25, 0.3) is 11.2 Å². The molecule has 0 unspecified atom stereocenters. The number of rotatable bonds is 1. The summed E-state index contributed by atoms with van der Waals surface area (Å²) in [6.07, 6.45) is 2.85. The molecule has 24 heavy (non-hydrogen) atoms. The fourth-order valence-electron chi connectivity index (χ4n) is 3.15. The van der Waals surface area contributed by atoms with Gasteiger partial charge in [0.2, 0.25) is 0 Å². The molecule has 1 saturated heterocycles. The van der Waals surface area contributed by atoms with Gasteiger partial charge in [0.1, 0.15) is 5.60 Å². The van der Waals surface area contributed by atoms with Gasteiger partial charge in [0.25, 0.3) is 0 Å². The van der Waals surface area contributed by atoms with Gasteiger partial charge in [0.15, 0.2) is 5.65 Å². The maximum absolute atomic E-state index is 12.6. The number of imidazole rings is 1. The Morgan fingerprint density at radius 3 is 2.58 bits per heavy atom. The number of fused-ring (bicyclic) bond motifs is 1. The smallest absolute Gasteiger partial charge is 0.410 e. The number of hydrogen-bond acceptors (Lipinski definition) is 4. The van der Waals surface area contributed by atoms with Crippen molar-refractivity contribution in [1.82, 2.24) is 19.0 Å². The van der Waals surface area contributed by atoms with E-state index in [0.29, 0.717) is 18.7 Å². The second-order valence-electron chi connectivity index (χ2n) is 7.26. The van der Waals surface area contributed by atoms with Crippen LogP contribution in [0.3, 0.4) is 0 Å². The van der Waals surface area contributed by atoms with Gasteiger partial charge in [-0.3, -0.25) is 9.13 Å². The highest BCUT2D eigenvalue weighted by molar-refractivity contribution is 5.71. The fraction of sp³-hybridized carbons (Fsp3) is 0.588. The van der Waals surface area contributed by atoms with Gasteiger partial charge in [-0.25, -0.2) is 14.6 Å². The van der Waals surface area contributed by atoms with Crippen molar-refractivity contribution in [2.45, 2.75) is 45.3 Å². The normalized spacial score (nSPS) is 16.6. The molecule has 7 nitrogen and oxygen atoms in total. The Hall–Kier alpha value is -2.31. The Labute approximate surface area is 140 Å². The van der Waals surface area contributed by atoms with Crippen LogP contribution in [0.4, 0.5) is 4.79 Å². The molecule has 2 aromatic heterocycles. The molecule has 0 aromatic carbocycles. The highest BCUT2D eigenvalue weighted by Gasteiger charge is 2.29. The molecule has 7 heteroatoms. The zero-order valence-electron chi connectivity index (χ0n) is 14.7.